The molecule has 0 unspecified atom stereocenters. The lowest BCUT2D eigenvalue weighted by atomic mass is 10.1. The van der Waals surface area contributed by atoms with Gasteiger partial charge in [0.25, 0.3) is 0 Å². The molecule has 1 amide bonds. The van der Waals surface area contributed by atoms with E-state index in [1.54, 1.807) is 0 Å². The first-order chi connectivity index (χ1) is 14.6. The first-order valence-corrected chi connectivity index (χ1v) is 9.58. The fraction of sp³-hybridized carbons (Fsp3) is 0.350. The smallest absolute Gasteiger partial charge is 0.426 e. The number of halogens is 7. The van der Waals surface area contributed by atoms with Gasteiger partial charge in [-0.3, -0.25) is 10.2 Å². The van der Waals surface area contributed by atoms with Crippen molar-refractivity contribution >= 4 is 35.8 Å². The van der Waals surface area contributed by atoms with E-state index < -0.39 is 42.7 Å². The highest BCUT2D eigenvalue weighted by atomic mass is 35.5. The maximum atomic E-state index is 13.5. The van der Waals surface area contributed by atoms with Crippen LogP contribution in [0.1, 0.15) is 11.7 Å². The molecule has 0 aliphatic carbocycles. The molecule has 2 aromatic rings. The Hall–Kier alpha value is -2.14. The summed E-state index contributed by atoms with van der Waals surface area (Å²) in [5, 5.41) is 1.85. The van der Waals surface area contributed by atoms with Gasteiger partial charge in [0.15, 0.2) is 0 Å². The van der Waals surface area contributed by atoms with Crippen molar-refractivity contribution in [2.24, 2.45) is 0 Å². The number of nitrogens with zero attached hydrogens (tertiary/aromatic N) is 1. The Morgan fingerprint density at radius 1 is 1.22 bits per heavy atom. The summed E-state index contributed by atoms with van der Waals surface area (Å²) < 4.78 is 77.1. The van der Waals surface area contributed by atoms with Gasteiger partial charge in [0.05, 0.1) is 17.7 Å². The van der Waals surface area contributed by atoms with E-state index in [0.717, 1.165) is 12.1 Å². The molecule has 3 rings (SSSR count). The average Bonchev–Trinajstić information content (AvgIpc) is 2.70. The third-order valence-electron chi connectivity index (χ3n) is 4.60. The molecular weight excluding hydrogens is 482 g/mol. The van der Waals surface area contributed by atoms with Crippen molar-refractivity contribution in [3.63, 3.8) is 0 Å². The summed E-state index contributed by atoms with van der Waals surface area (Å²) in [5.74, 6) is -1.28. The van der Waals surface area contributed by atoms with E-state index in [2.05, 4.69) is 10.1 Å². The molecule has 1 aliphatic rings. The van der Waals surface area contributed by atoms with Crippen LogP contribution in [0.5, 0.6) is 0 Å². The highest BCUT2D eigenvalue weighted by Gasteiger charge is 2.44. The lowest BCUT2D eigenvalue weighted by molar-refractivity contribution is -0.209. The van der Waals surface area contributed by atoms with Gasteiger partial charge in [0.2, 0.25) is 6.10 Å². The summed E-state index contributed by atoms with van der Waals surface area (Å²) >= 11 is 5.53. The lowest BCUT2D eigenvalue weighted by Gasteiger charge is -2.35. The number of ether oxygens (including phenoxy) is 2. The number of alkyl halides is 3. The molecule has 0 radical (unpaired) electrons. The van der Waals surface area contributed by atoms with Crippen LogP contribution in [0.15, 0.2) is 42.5 Å². The molecular formula is C20H19Cl2F5N2O3. The van der Waals surface area contributed by atoms with E-state index in [1.165, 1.54) is 35.2 Å². The van der Waals surface area contributed by atoms with Crippen LogP contribution >= 0.6 is 24.0 Å². The second-order valence-electron chi connectivity index (χ2n) is 6.86. The molecule has 1 fully saturated rings. The number of benzene rings is 2. The molecule has 32 heavy (non-hydrogen) atoms. The summed E-state index contributed by atoms with van der Waals surface area (Å²) in [6.07, 6.45) is -9.18. The van der Waals surface area contributed by atoms with Crippen LogP contribution in [-0.2, 0) is 9.47 Å². The Morgan fingerprint density at radius 2 is 1.91 bits per heavy atom. The van der Waals surface area contributed by atoms with Gasteiger partial charge in [-0.05, 0) is 35.9 Å². The number of nitrogens with one attached hydrogen (secondary N) is 1. The number of anilines is 1. The van der Waals surface area contributed by atoms with Crippen molar-refractivity contribution in [3.8, 4) is 0 Å². The minimum Gasteiger partial charge on any atom is -0.435 e. The fourth-order valence-electron chi connectivity index (χ4n) is 3.04. The largest absolute Gasteiger partial charge is 0.435 e. The molecule has 5 nitrogen and oxygen atoms in total. The zero-order valence-electron chi connectivity index (χ0n) is 16.4. The van der Waals surface area contributed by atoms with Crippen molar-refractivity contribution in [1.29, 1.82) is 0 Å². The third-order valence-corrected chi connectivity index (χ3v) is 4.90. The standard InChI is InChI=1S/C20H18ClF5N2O3.ClH/c21-15-6-5-14(9-16(15)23)27-19(29)31-18(20(24,25)26)11-28-7-8-30-17(10-28)12-1-3-13(22)4-2-12;/h1-6,9,17-18H,7-8,10-11H2,(H,27,29);1H/t17-,18-;/m0./s1. The topological polar surface area (TPSA) is 50.8 Å². The Morgan fingerprint density at radius 3 is 2.53 bits per heavy atom. The van der Waals surface area contributed by atoms with Crippen LogP contribution in [-0.4, -0.2) is 49.5 Å². The minimum atomic E-state index is -4.83. The number of carbonyl (C=O) groups is 1. The Bertz CT molecular complexity index is 915. The monoisotopic (exact) mass is 500 g/mol. The Kier molecular flexibility index (Phi) is 9.08. The molecule has 12 heteroatoms. The summed E-state index contributed by atoms with van der Waals surface area (Å²) in [6.45, 7) is -0.168. The predicted octanol–water partition coefficient (Wildman–Crippen LogP) is 5.59. The van der Waals surface area contributed by atoms with E-state index in [0.29, 0.717) is 5.56 Å². The minimum absolute atomic E-state index is 0. The molecule has 1 aliphatic heterocycles. The van der Waals surface area contributed by atoms with Crippen molar-refractivity contribution < 1.29 is 36.2 Å². The molecule has 0 saturated carbocycles. The second-order valence-corrected chi connectivity index (χ2v) is 7.27. The van der Waals surface area contributed by atoms with Crippen molar-refractivity contribution in [3.05, 3.63) is 64.7 Å². The molecule has 0 aromatic heterocycles. The van der Waals surface area contributed by atoms with E-state index in [-0.39, 0.29) is 42.8 Å². The molecule has 0 bridgehead atoms. The number of amides is 1. The first-order valence-electron chi connectivity index (χ1n) is 9.20. The summed E-state index contributed by atoms with van der Waals surface area (Å²) in [4.78, 5) is 13.4. The zero-order valence-corrected chi connectivity index (χ0v) is 17.9. The van der Waals surface area contributed by atoms with Gasteiger partial charge < -0.3 is 9.47 Å². The summed E-state index contributed by atoms with van der Waals surface area (Å²) in [6, 6.07) is 8.72. The van der Waals surface area contributed by atoms with Crippen LogP contribution in [0, 0.1) is 11.6 Å². The Balaban J connectivity index is 0.00000363. The summed E-state index contributed by atoms with van der Waals surface area (Å²) in [7, 11) is 0. The second kappa shape index (κ2) is 11.1. The molecule has 1 N–H and O–H groups in total. The highest BCUT2D eigenvalue weighted by Crippen LogP contribution is 2.28. The predicted molar refractivity (Wildman–Crippen MR) is 110 cm³/mol. The lowest BCUT2D eigenvalue weighted by Crippen LogP contribution is -2.48. The number of carbonyl (C=O) groups excluding carboxylic acids is 1. The van der Waals surface area contributed by atoms with E-state index >= 15 is 0 Å². The van der Waals surface area contributed by atoms with Gasteiger partial charge in [-0.25, -0.2) is 13.6 Å². The van der Waals surface area contributed by atoms with Crippen LogP contribution in [0.4, 0.5) is 32.4 Å². The van der Waals surface area contributed by atoms with Crippen molar-refractivity contribution in [2.75, 3.05) is 31.6 Å². The number of rotatable bonds is 5. The molecule has 2 aromatic carbocycles. The first kappa shape index (κ1) is 26.1. The van der Waals surface area contributed by atoms with Crippen molar-refractivity contribution in [1.82, 2.24) is 4.90 Å². The van der Waals surface area contributed by atoms with Gasteiger partial charge in [0, 0.05) is 25.3 Å². The van der Waals surface area contributed by atoms with Gasteiger partial charge in [0.1, 0.15) is 11.6 Å². The fourth-order valence-corrected chi connectivity index (χ4v) is 3.16. The molecule has 2 atom stereocenters. The van der Waals surface area contributed by atoms with E-state index in [1.807, 2.05) is 0 Å². The van der Waals surface area contributed by atoms with E-state index in [9.17, 15) is 26.7 Å². The quantitative estimate of drug-likeness (QED) is 0.543. The van der Waals surface area contributed by atoms with Crippen LogP contribution < -0.4 is 5.32 Å². The number of morpholine rings is 1. The van der Waals surface area contributed by atoms with Gasteiger partial charge >= 0.3 is 12.3 Å². The van der Waals surface area contributed by atoms with Crippen LogP contribution in [0.25, 0.3) is 0 Å². The average molecular weight is 501 g/mol. The molecule has 176 valence electrons. The number of hydrogen-bond donors (Lipinski definition) is 1. The van der Waals surface area contributed by atoms with Crippen molar-refractivity contribution in [2.45, 2.75) is 18.4 Å². The molecule has 1 heterocycles. The van der Waals surface area contributed by atoms with Gasteiger partial charge in [-0.2, -0.15) is 13.2 Å². The maximum Gasteiger partial charge on any atom is 0.426 e. The van der Waals surface area contributed by atoms with Crippen LogP contribution in [0.2, 0.25) is 5.02 Å². The number of hydrogen-bond acceptors (Lipinski definition) is 4. The molecule has 0 spiro atoms. The maximum absolute atomic E-state index is 13.5. The SMILES string of the molecule is Cl.O=C(Nc1ccc(Cl)c(F)c1)O[C@@H](CN1CCO[C@H](c2ccc(F)cc2)C1)C(F)(F)F. The van der Waals surface area contributed by atoms with E-state index in [4.69, 9.17) is 16.3 Å². The molecule has 1 saturated heterocycles. The van der Waals surface area contributed by atoms with Crippen LogP contribution in [0.3, 0.4) is 0 Å². The summed E-state index contributed by atoms with van der Waals surface area (Å²) in [5.41, 5.74) is 0.522. The zero-order chi connectivity index (χ0) is 22.6. The normalized spacial score (nSPS) is 17.9. The third kappa shape index (κ3) is 7.19. The van der Waals surface area contributed by atoms with Gasteiger partial charge in [-0.1, -0.05) is 23.7 Å². The van der Waals surface area contributed by atoms with Gasteiger partial charge in [-0.15, -0.1) is 12.4 Å². The Labute approximate surface area is 191 Å². The highest BCUT2D eigenvalue weighted by molar-refractivity contribution is 6.30.